The number of hydrogen-bond donors (Lipinski definition) is 10. The number of carbonyl (C=O) groups excluding carboxylic acids is 11. The highest BCUT2D eigenvalue weighted by Crippen LogP contribution is 2.22. The second-order valence-electron chi connectivity index (χ2n) is 17.6. The summed E-state index contributed by atoms with van der Waals surface area (Å²) in [5.74, 6) is -8.59. The lowest BCUT2D eigenvalue weighted by molar-refractivity contribution is -0.142. The van der Waals surface area contributed by atoms with Gasteiger partial charge in [0.15, 0.2) is 0 Å². The molecule has 1 aromatic rings. The summed E-state index contributed by atoms with van der Waals surface area (Å²) in [4.78, 5) is 148. The third-order valence-corrected chi connectivity index (χ3v) is 12.7. The van der Waals surface area contributed by atoms with Crippen LogP contribution >= 0.6 is 11.8 Å². The van der Waals surface area contributed by atoms with Gasteiger partial charge in [0.05, 0.1) is 20.1 Å². The summed E-state index contributed by atoms with van der Waals surface area (Å²) in [6, 6.07) is -2.40. The van der Waals surface area contributed by atoms with E-state index in [1.165, 1.54) is 23.8 Å². The van der Waals surface area contributed by atoms with E-state index >= 15 is 0 Å². The molecule has 382 valence electrons. The number of rotatable bonds is 18. The molecular weight excluding hydrogens is 919 g/mol. The van der Waals surface area contributed by atoms with Crippen LogP contribution in [0.4, 0.5) is 0 Å². The molecule has 8 atom stereocenters. The van der Waals surface area contributed by atoms with Gasteiger partial charge in [0.25, 0.3) is 0 Å². The zero-order valence-electron chi connectivity index (χ0n) is 39.9. The maximum atomic E-state index is 14.5. The number of ether oxygens (including phenoxy) is 1. The van der Waals surface area contributed by atoms with E-state index in [4.69, 9.17) is 21.9 Å². The molecule has 2 fully saturated rings. The van der Waals surface area contributed by atoms with Gasteiger partial charge in [-0.25, -0.2) is 0 Å². The first kappa shape index (κ1) is 56.9. The number of methoxy groups -OCH3 is 1. The van der Waals surface area contributed by atoms with Crippen molar-refractivity contribution in [3.8, 4) is 5.75 Å². The van der Waals surface area contributed by atoms with Gasteiger partial charge in [-0.15, -0.1) is 0 Å². The molecule has 24 heteroatoms. The first-order valence-electron chi connectivity index (χ1n) is 23.1. The summed E-state index contributed by atoms with van der Waals surface area (Å²) < 4.78 is 5.25. The number of nitrogens with one attached hydrogen (secondary N) is 7. The molecule has 2 saturated heterocycles. The van der Waals surface area contributed by atoms with E-state index in [9.17, 15) is 52.7 Å². The Bertz CT molecular complexity index is 2020. The van der Waals surface area contributed by atoms with Crippen molar-refractivity contribution in [1.29, 1.82) is 0 Å². The Labute approximate surface area is 405 Å². The van der Waals surface area contributed by atoms with Crippen molar-refractivity contribution < 1.29 is 57.5 Å². The van der Waals surface area contributed by atoms with E-state index in [2.05, 4.69) is 37.2 Å². The second-order valence-corrected chi connectivity index (χ2v) is 18.8. The number of thioether (sulfide) groups is 1. The lowest BCUT2D eigenvalue weighted by atomic mass is 9.96. The van der Waals surface area contributed by atoms with Gasteiger partial charge in [-0.3, -0.25) is 52.7 Å². The average molecular weight is 988 g/mol. The maximum absolute atomic E-state index is 14.5. The van der Waals surface area contributed by atoms with Crippen molar-refractivity contribution in [2.75, 3.05) is 31.7 Å². The predicted molar refractivity (Wildman–Crippen MR) is 253 cm³/mol. The van der Waals surface area contributed by atoms with Gasteiger partial charge < -0.3 is 64.1 Å². The number of likely N-dealkylation sites (tertiary alicyclic amines) is 1. The van der Waals surface area contributed by atoms with Crippen LogP contribution < -0.4 is 59.2 Å². The number of amides is 11. The van der Waals surface area contributed by atoms with Gasteiger partial charge in [-0.1, -0.05) is 46.2 Å². The first-order chi connectivity index (χ1) is 32.6. The number of benzene rings is 1. The van der Waals surface area contributed by atoms with Crippen LogP contribution in [0.3, 0.4) is 0 Å². The minimum atomic E-state index is -1.71. The number of nitrogens with zero attached hydrogens (tertiary/aromatic N) is 1. The Kier molecular flexibility index (Phi) is 23.2. The number of nitrogens with two attached hydrogens (primary N) is 3. The molecule has 0 aromatic heterocycles. The lowest BCUT2D eigenvalue weighted by Gasteiger charge is -2.31. The molecule has 23 nitrogen and oxygen atoms in total. The first-order valence-corrected chi connectivity index (χ1v) is 24.2. The van der Waals surface area contributed by atoms with Crippen molar-refractivity contribution in [2.45, 2.75) is 134 Å². The van der Waals surface area contributed by atoms with Crippen molar-refractivity contribution in [1.82, 2.24) is 42.1 Å². The van der Waals surface area contributed by atoms with Crippen LogP contribution in [0.25, 0.3) is 0 Å². The summed E-state index contributed by atoms with van der Waals surface area (Å²) in [6.45, 7) is 6.75. The van der Waals surface area contributed by atoms with Crippen molar-refractivity contribution in [3.63, 3.8) is 0 Å². The monoisotopic (exact) mass is 987 g/mol. The van der Waals surface area contributed by atoms with Gasteiger partial charge in [0.1, 0.15) is 48.0 Å². The van der Waals surface area contributed by atoms with Gasteiger partial charge in [0, 0.05) is 31.6 Å². The minimum Gasteiger partial charge on any atom is -0.497 e. The van der Waals surface area contributed by atoms with Gasteiger partial charge in [-0.2, -0.15) is 11.8 Å². The minimum absolute atomic E-state index is 0.0237. The molecule has 13 N–H and O–H groups in total. The normalized spacial score (nSPS) is 23.2. The molecule has 2 heterocycles. The maximum Gasteiger partial charge on any atom is 0.246 e. The Morgan fingerprint density at radius 1 is 0.812 bits per heavy atom. The summed E-state index contributed by atoms with van der Waals surface area (Å²) >= 11 is 1.18. The van der Waals surface area contributed by atoms with Gasteiger partial charge in [-0.05, 0) is 67.4 Å². The Morgan fingerprint density at radius 2 is 1.46 bits per heavy atom. The van der Waals surface area contributed by atoms with Crippen molar-refractivity contribution in [2.24, 2.45) is 29.0 Å². The zero-order chi connectivity index (χ0) is 51.4. The Morgan fingerprint density at radius 3 is 2.07 bits per heavy atom. The topological polar surface area (TPSA) is 363 Å². The third-order valence-electron chi connectivity index (χ3n) is 11.6. The average Bonchev–Trinajstić information content (AvgIpc) is 3.79. The van der Waals surface area contributed by atoms with Crippen LogP contribution in [-0.4, -0.2) is 144 Å². The number of primary amides is 3. The van der Waals surface area contributed by atoms with Crippen LogP contribution in [-0.2, 0) is 59.2 Å². The van der Waals surface area contributed by atoms with E-state index in [0.29, 0.717) is 24.2 Å². The molecule has 0 radical (unpaired) electrons. The van der Waals surface area contributed by atoms with Crippen LogP contribution in [0.2, 0.25) is 0 Å². The van der Waals surface area contributed by atoms with Crippen LogP contribution in [0.15, 0.2) is 24.3 Å². The molecule has 2 aliphatic rings. The standard InChI is InChI=1S/C45H69N11O12S/c1-6-25(4)38-44(66)51-28(15-16-34(46)57)40(62)52-31(21-35(47)58)41(63)54-32(23-69-18-8-10-37(60)50-30(42(64)55-38)20-26-11-13-27(68-5)14-12-26)45(67)56-17-7-9-33(56)43(65)53-29(19-24(2)3)39(61)49-22-36(48)59/h11-14,24-25,28-33,38H,6-10,15-23H2,1-5H3,(H2,46,57)(H2,47,58)(H2,48,59)(H,49,61)(H,50,60)(H,51,66)(H,52,62)(H,53,65)(H,54,63)(H,55,64)/t25-,28-,29+,30-,31-,32-,33-,38-/m0/s1. The molecule has 0 aliphatic carbocycles. The molecular formula is C45H69N11O12S. The second kappa shape index (κ2) is 28.1. The van der Waals surface area contributed by atoms with Crippen molar-refractivity contribution >= 4 is 76.7 Å². The van der Waals surface area contributed by atoms with Crippen LogP contribution in [0.5, 0.6) is 5.75 Å². The third kappa shape index (κ3) is 18.9. The predicted octanol–water partition coefficient (Wildman–Crippen LogP) is -2.50. The van der Waals surface area contributed by atoms with Gasteiger partial charge >= 0.3 is 0 Å². The molecule has 11 amide bonds. The number of carbonyl (C=O) groups is 11. The quantitative estimate of drug-likeness (QED) is 0.0728. The summed E-state index contributed by atoms with van der Waals surface area (Å²) in [5.41, 5.74) is 16.8. The molecule has 0 bridgehead atoms. The fraction of sp³-hybridized carbons (Fsp3) is 0.622. The largest absolute Gasteiger partial charge is 0.497 e. The molecule has 69 heavy (non-hydrogen) atoms. The summed E-state index contributed by atoms with van der Waals surface area (Å²) in [7, 11) is 1.50. The van der Waals surface area contributed by atoms with Crippen molar-refractivity contribution in [3.05, 3.63) is 29.8 Å². The fourth-order valence-corrected chi connectivity index (χ4v) is 8.66. The van der Waals surface area contributed by atoms with E-state index < -0.39 is 133 Å². The smallest absolute Gasteiger partial charge is 0.246 e. The fourth-order valence-electron chi connectivity index (χ4n) is 7.68. The molecule has 1 aromatic carbocycles. The lowest BCUT2D eigenvalue weighted by Crippen LogP contribution is -2.61. The summed E-state index contributed by atoms with van der Waals surface area (Å²) in [6.07, 6.45) is -0.176. The molecule has 2 aliphatic heterocycles. The van der Waals surface area contributed by atoms with E-state index in [1.54, 1.807) is 38.1 Å². The van der Waals surface area contributed by atoms with E-state index in [1.807, 2.05) is 13.8 Å². The van der Waals surface area contributed by atoms with E-state index in [0.717, 1.165) is 0 Å². The van der Waals surface area contributed by atoms with Gasteiger partial charge in [0.2, 0.25) is 65.0 Å². The SMILES string of the molecule is CC[C@H](C)[C@@H]1NC(=O)[C@H](Cc2ccc(OC)cc2)NC(=O)CCCSC[C@@H](C(=O)N2CCC[C@H]2C(=O)N[C@H](CC(C)C)C(=O)NCC(N)=O)NC(=O)[C@H](CC(N)=O)NC(=O)[C@H](CCC(N)=O)NC1=O. The Hall–Kier alpha value is -6.46. The zero-order valence-corrected chi connectivity index (χ0v) is 40.7. The molecule has 0 saturated carbocycles. The molecule has 0 spiro atoms. The highest BCUT2D eigenvalue weighted by atomic mass is 32.2. The molecule has 3 rings (SSSR count). The highest BCUT2D eigenvalue weighted by molar-refractivity contribution is 7.99. The van der Waals surface area contributed by atoms with E-state index in [-0.39, 0.29) is 62.5 Å². The van der Waals surface area contributed by atoms with Crippen LogP contribution in [0.1, 0.15) is 91.0 Å². The number of hydrogen-bond acceptors (Lipinski definition) is 13. The van der Waals surface area contributed by atoms with Crippen LogP contribution in [0, 0.1) is 11.8 Å². The molecule has 0 unspecified atom stereocenters. The highest BCUT2D eigenvalue weighted by Gasteiger charge is 2.40. The summed E-state index contributed by atoms with van der Waals surface area (Å²) in [5, 5.41) is 18.2. The Balaban J connectivity index is 2.02.